The largest absolute Gasteiger partial charge is 0.366 e. The van der Waals surface area contributed by atoms with Gasteiger partial charge in [0, 0.05) is 24.5 Å². The summed E-state index contributed by atoms with van der Waals surface area (Å²) in [7, 11) is 0. The third kappa shape index (κ3) is 2.79. The molecule has 0 unspecified atom stereocenters. The Morgan fingerprint density at radius 3 is 2.78 bits per heavy atom. The highest BCUT2D eigenvalue weighted by atomic mass is 15.2. The Kier molecular flexibility index (Phi) is 3.26. The lowest BCUT2D eigenvalue weighted by atomic mass is 10.1. The van der Waals surface area contributed by atoms with Crippen molar-refractivity contribution in [2.24, 2.45) is 5.73 Å². The van der Waals surface area contributed by atoms with E-state index >= 15 is 0 Å². The molecule has 3 N–H and O–H groups in total. The van der Waals surface area contributed by atoms with Crippen molar-refractivity contribution in [3.8, 4) is 0 Å². The monoisotopic (exact) mass is 247 g/mol. The minimum Gasteiger partial charge on any atom is -0.366 e. The standard InChI is InChI=1S/C13H21N5/c1-9(2)10-7-11-12(16-8-13(3,4)14)15-5-6-18(11)17-10/h5-7,9H,8,14H2,1-4H3,(H,15,16). The van der Waals surface area contributed by atoms with Gasteiger partial charge in [-0.05, 0) is 25.8 Å². The quantitative estimate of drug-likeness (QED) is 0.867. The number of anilines is 1. The van der Waals surface area contributed by atoms with Gasteiger partial charge < -0.3 is 11.1 Å². The van der Waals surface area contributed by atoms with Gasteiger partial charge >= 0.3 is 0 Å². The van der Waals surface area contributed by atoms with Crippen LogP contribution in [0.4, 0.5) is 5.82 Å². The summed E-state index contributed by atoms with van der Waals surface area (Å²) in [6.45, 7) is 8.89. The molecule has 18 heavy (non-hydrogen) atoms. The molecule has 0 saturated heterocycles. The smallest absolute Gasteiger partial charge is 0.152 e. The first-order chi connectivity index (χ1) is 8.37. The van der Waals surface area contributed by atoms with E-state index in [1.54, 1.807) is 6.20 Å². The molecule has 2 heterocycles. The fourth-order valence-corrected chi connectivity index (χ4v) is 1.67. The average Bonchev–Trinajstić information content (AvgIpc) is 2.69. The first-order valence-corrected chi connectivity index (χ1v) is 6.24. The predicted molar refractivity (Wildman–Crippen MR) is 73.8 cm³/mol. The molecule has 5 heteroatoms. The van der Waals surface area contributed by atoms with Crippen LogP contribution in [0.5, 0.6) is 0 Å². The molecule has 2 rings (SSSR count). The summed E-state index contributed by atoms with van der Waals surface area (Å²) in [6.07, 6.45) is 3.61. The van der Waals surface area contributed by atoms with Gasteiger partial charge in [-0.3, -0.25) is 0 Å². The van der Waals surface area contributed by atoms with E-state index in [1.807, 2.05) is 24.6 Å². The van der Waals surface area contributed by atoms with Gasteiger partial charge in [-0.25, -0.2) is 9.50 Å². The molecule has 98 valence electrons. The van der Waals surface area contributed by atoms with E-state index in [0.29, 0.717) is 12.5 Å². The SMILES string of the molecule is CC(C)c1cc2c(NCC(C)(C)N)nccn2n1. The van der Waals surface area contributed by atoms with Crippen LogP contribution in [-0.2, 0) is 0 Å². The number of aromatic nitrogens is 3. The Labute approximate surface area is 107 Å². The van der Waals surface area contributed by atoms with Crippen LogP contribution in [0.1, 0.15) is 39.3 Å². The zero-order valence-corrected chi connectivity index (χ0v) is 11.4. The summed E-state index contributed by atoms with van der Waals surface area (Å²) in [4.78, 5) is 4.36. The number of fused-ring (bicyclic) bond motifs is 1. The Morgan fingerprint density at radius 1 is 1.44 bits per heavy atom. The summed E-state index contributed by atoms with van der Waals surface area (Å²) >= 11 is 0. The fraction of sp³-hybridized carbons (Fsp3) is 0.538. The summed E-state index contributed by atoms with van der Waals surface area (Å²) in [5.41, 5.74) is 7.76. The molecule has 0 aliphatic carbocycles. The summed E-state index contributed by atoms with van der Waals surface area (Å²) in [6, 6.07) is 2.07. The molecule has 0 radical (unpaired) electrons. The van der Waals surface area contributed by atoms with Gasteiger partial charge in [-0.1, -0.05) is 13.8 Å². The molecule has 0 saturated carbocycles. The van der Waals surface area contributed by atoms with Crippen LogP contribution in [0.3, 0.4) is 0 Å². The highest BCUT2D eigenvalue weighted by molar-refractivity contribution is 5.68. The van der Waals surface area contributed by atoms with Crippen LogP contribution in [0, 0.1) is 0 Å². The van der Waals surface area contributed by atoms with Gasteiger partial charge in [0.2, 0.25) is 0 Å². The Balaban J connectivity index is 2.33. The lowest BCUT2D eigenvalue weighted by molar-refractivity contribution is 0.548. The maximum atomic E-state index is 5.97. The van der Waals surface area contributed by atoms with Gasteiger partial charge in [0.05, 0.1) is 5.69 Å². The van der Waals surface area contributed by atoms with E-state index in [4.69, 9.17) is 5.73 Å². The van der Waals surface area contributed by atoms with Crippen molar-refractivity contribution in [1.29, 1.82) is 0 Å². The predicted octanol–water partition coefficient (Wildman–Crippen LogP) is 2.00. The zero-order chi connectivity index (χ0) is 13.3. The Hall–Kier alpha value is -1.62. The van der Waals surface area contributed by atoms with E-state index in [-0.39, 0.29) is 5.54 Å². The van der Waals surface area contributed by atoms with Crippen molar-refractivity contribution in [2.75, 3.05) is 11.9 Å². The van der Waals surface area contributed by atoms with Gasteiger partial charge in [-0.2, -0.15) is 5.10 Å². The zero-order valence-electron chi connectivity index (χ0n) is 11.4. The lowest BCUT2D eigenvalue weighted by Crippen LogP contribution is -2.39. The van der Waals surface area contributed by atoms with Crippen molar-refractivity contribution in [3.63, 3.8) is 0 Å². The van der Waals surface area contributed by atoms with Crippen LogP contribution in [-0.4, -0.2) is 26.7 Å². The summed E-state index contributed by atoms with van der Waals surface area (Å²) < 4.78 is 1.86. The van der Waals surface area contributed by atoms with E-state index in [1.165, 1.54) is 0 Å². The van der Waals surface area contributed by atoms with Crippen LogP contribution < -0.4 is 11.1 Å². The molecule has 0 aliphatic rings. The number of hydrogen-bond donors (Lipinski definition) is 2. The molecule has 2 aromatic rings. The number of nitrogens with zero attached hydrogens (tertiary/aromatic N) is 3. The molecule has 5 nitrogen and oxygen atoms in total. The van der Waals surface area contributed by atoms with Gasteiger partial charge in [0.1, 0.15) is 5.52 Å². The van der Waals surface area contributed by atoms with E-state index in [2.05, 4.69) is 35.3 Å². The van der Waals surface area contributed by atoms with Crippen molar-refractivity contribution >= 4 is 11.3 Å². The number of rotatable bonds is 4. The molecular weight excluding hydrogens is 226 g/mol. The normalized spacial score (nSPS) is 12.3. The number of hydrogen-bond acceptors (Lipinski definition) is 4. The first-order valence-electron chi connectivity index (χ1n) is 6.24. The van der Waals surface area contributed by atoms with Crippen LogP contribution in [0.25, 0.3) is 5.52 Å². The van der Waals surface area contributed by atoms with Gasteiger partial charge in [0.25, 0.3) is 0 Å². The molecule has 0 fully saturated rings. The molecule has 0 atom stereocenters. The van der Waals surface area contributed by atoms with Crippen molar-refractivity contribution in [1.82, 2.24) is 14.6 Å². The minimum atomic E-state index is -0.268. The summed E-state index contributed by atoms with van der Waals surface area (Å²) in [5.74, 6) is 1.24. The molecular formula is C13H21N5. The van der Waals surface area contributed by atoms with Crippen molar-refractivity contribution < 1.29 is 0 Å². The van der Waals surface area contributed by atoms with Crippen molar-refractivity contribution in [2.45, 2.75) is 39.2 Å². The van der Waals surface area contributed by atoms with Gasteiger partial charge in [-0.15, -0.1) is 0 Å². The molecule has 0 aliphatic heterocycles. The minimum absolute atomic E-state index is 0.268. The third-order valence-electron chi connectivity index (χ3n) is 2.71. The second-order valence-electron chi connectivity index (χ2n) is 5.67. The molecule has 0 amide bonds. The Bertz CT molecular complexity index is 536. The molecule has 2 aromatic heterocycles. The maximum absolute atomic E-state index is 5.97. The van der Waals surface area contributed by atoms with Crippen LogP contribution >= 0.6 is 0 Å². The maximum Gasteiger partial charge on any atom is 0.152 e. The Morgan fingerprint density at radius 2 is 2.17 bits per heavy atom. The molecule has 0 bridgehead atoms. The third-order valence-corrected chi connectivity index (χ3v) is 2.71. The summed E-state index contributed by atoms with van der Waals surface area (Å²) in [5, 5.41) is 7.81. The first kappa shape index (κ1) is 12.8. The highest BCUT2D eigenvalue weighted by Gasteiger charge is 2.13. The highest BCUT2D eigenvalue weighted by Crippen LogP contribution is 2.20. The van der Waals surface area contributed by atoms with E-state index < -0.39 is 0 Å². The number of nitrogens with one attached hydrogen (secondary N) is 1. The van der Waals surface area contributed by atoms with Crippen LogP contribution in [0.15, 0.2) is 18.5 Å². The number of nitrogens with two attached hydrogens (primary N) is 1. The van der Waals surface area contributed by atoms with E-state index in [0.717, 1.165) is 17.0 Å². The van der Waals surface area contributed by atoms with E-state index in [9.17, 15) is 0 Å². The lowest BCUT2D eigenvalue weighted by Gasteiger charge is -2.19. The average molecular weight is 247 g/mol. The topological polar surface area (TPSA) is 68.2 Å². The van der Waals surface area contributed by atoms with Crippen LogP contribution in [0.2, 0.25) is 0 Å². The van der Waals surface area contributed by atoms with Crippen molar-refractivity contribution in [3.05, 3.63) is 24.2 Å². The molecule has 0 aromatic carbocycles. The second-order valence-corrected chi connectivity index (χ2v) is 5.67. The van der Waals surface area contributed by atoms with Gasteiger partial charge in [0.15, 0.2) is 5.82 Å². The fourth-order valence-electron chi connectivity index (χ4n) is 1.67. The second kappa shape index (κ2) is 4.57. The molecule has 0 spiro atoms.